The summed E-state index contributed by atoms with van der Waals surface area (Å²) in [6.07, 6.45) is -1.00. The molecule has 8 heteroatoms. The van der Waals surface area contributed by atoms with Crippen molar-refractivity contribution in [1.82, 2.24) is 14.7 Å². The number of piperidine rings is 1. The summed E-state index contributed by atoms with van der Waals surface area (Å²) < 4.78 is 32.0. The quantitative estimate of drug-likeness (QED) is 0.742. The molecule has 29 heavy (non-hydrogen) atoms. The van der Waals surface area contributed by atoms with Crippen LogP contribution in [0.4, 0.5) is 8.78 Å². The molecule has 1 atom stereocenters. The Morgan fingerprint density at radius 1 is 1.07 bits per heavy atom. The highest BCUT2D eigenvalue weighted by Gasteiger charge is 2.34. The minimum Gasteiger partial charge on any atom is -0.491 e. The lowest BCUT2D eigenvalue weighted by Gasteiger charge is -2.34. The summed E-state index contributed by atoms with van der Waals surface area (Å²) in [4.78, 5) is 17.4. The number of halogens is 2. The summed E-state index contributed by atoms with van der Waals surface area (Å²) in [6, 6.07) is 7.78. The van der Waals surface area contributed by atoms with E-state index in [1.807, 2.05) is 34.1 Å². The van der Waals surface area contributed by atoms with Gasteiger partial charge in [0.05, 0.1) is 0 Å². The van der Waals surface area contributed by atoms with Crippen molar-refractivity contribution >= 4 is 5.91 Å². The number of β-amino-alcohol motifs (C(OH)–C–C–N with tert-alkyl or cyclic N) is 1. The molecule has 1 N–H and O–H groups in total. The van der Waals surface area contributed by atoms with Crippen LogP contribution >= 0.6 is 0 Å². The highest BCUT2D eigenvalue weighted by Crippen LogP contribution is 2.27. The molecule has 0 saturated carbocycles. The van der Waals surface area contributed by atoms with Crippen molar-refractivity contribution in [1.29, 1.82) is 0 Å². The Balaban J connectivity index is 1.36. The Morgan fingerprint density at radius 2 is 1.69 bits per heavy atom. The standard InChI is InChI=1S/C21H31F2N3O3/c1-17(27)26-12-10-25(11-13-26)14-18-2-4-20(5-3-18)29-16-19(28)15-24-8-6-21(22,23)7-9-24/h2-5,19,28H,6-16H2,1H3. The monoisotopic (exact) mass is 411 g/mol. The first kappa shape index (κ1) is 21.9. The van der Waals surface area contributed by atoms with E-state index in [1.165, 1.54) is 5.56 Å². The Hall–Kier alpha value is -1.77. The summed E-state index contributed by atoms with van der Waals surface area (Å²) in [6.45, 7) is 6.80. The maximum atomic E-state index is 13.2. The van der Waals surface area contributed by atoms with Gasteiger partial charge in [-0.3, -0.25) is 9.69 Å². The molecule has 0 aromatic heterocycles. The summed E-state index contributed by atoms with van der Waals surface area (Å²) >= 11 is 0. The third-order valence-corrected chi connectivity index (χ3v) is 5.65. The molecule has 6 nitrogen and oxygen atoms in total. The minimum atomic E-state index is -2.57. The van der Waals surface area contributed by atoms with E-state index in [0.29, 0.717) is 25.4 Å². The second-order valence-corrected chi connectivity index (χ2v) is 8.05. The van der Waals surface area contributed by atoms with Crippen LogP contribution in [0.2, 0.25) is 0 Å². The van der Waals surface area contributed by atoms with E-state index in [4.69, 9.17) is 4.74 Å². The number of hydrogen-bond acceptors (Lipinski definition) is 5. The van der Waals surface area contributed by atoms with Crippen molar-refractivity contribution in [3.8, 4) is 5.75 Å². The molecule has 1 aromatic rings. The van der Waals surface area contributed by atoms with E-state index < -0.39 is 12.0 Å². The van der Waals surface area contributed by atoms with Crippen molar-refractivity contribution in [2.24, 2.45) is 0 Å². The van der Waals surface area contributed by atoms with Crippen LogP contribution in [0, 0.1) is 0 Å². The predicted molar refractivity (Wildman–Crippen MR) is 106 cm³/mol. The van der Waals surface area contributed by atoms with Crippen LogP contribution in [-0.2, 0) is 11.3 Å². The topological polar surface area (TPSA) is 56.3 Å². The number of aliphatic hydroxyl groups excluding tert-OH is 1. The number of carbonyl (C=O) groups is 1. The van der Waals surface area contributed by atoms with Crippen molar-refractivity contribution in [3.05, 3.63) is 29.8 Å². The number of rotatable bonds is 7. The van der Waals surface area contributed by atoms with Crippen LogP contribution in [0.5, 0.6) is 5.75 Å². The van der Waals surface area contributed by atoms with Crippen molar-refractivity contribution in [3.63, 3.8) is 0 Å². The number of nitrogens with zero attached hydrogens (tertiary/aromatic N) is 3. The largest absolute Gasteiger partial charge is 0.491 e. The highest BCUT2D eigenvalue weighted by molar-refractivity contribution is 5.73. The predicted octanol–water partition coefficient (Wildman–Crippen LogP) is 1.82. The zero-order valence-corrected chi connectivity index (χ0v) is 17.0. The highest BCUT2D eigenvalue weighted by atomic mass is 19.3. The molecule has 0 bridgehead atoms. The van der Waals surface area contributed by atoms with Gasteiger partial charge in [0.15, 0.2) is 0 Å². The van der Waals surface area contributed by atoms with E-state index in [1.54, 1.807) is 6.92 Å². The van der Waals surface area contributed by atoms with Crippen molar-refractivity contribution in [2.75, 3.05) is 52.4 Å². The molecule has 2 aliphatic rings. The van der Waals surface area contributed by atoms with Crippen LogP contribution in [0.15, 0.2) is 24.3 Å². The third kappa shape index (κ3) is 6.90. The Bertz CT molecular complexity index is 654. The summed E-state index contributed by atoms with van der Waals surface area (Å²) in [5, 5.41) is 10.1. The first-order valence-electron chi connectivity index (χ1n) is 10.3. The van der Waals surface area contributed by atoms with E-state index >= 15 is 0 Å². The second kappa shape index (κ2) is 9.82. The molecular weight excluding hydrogens is 380 g/mol. The van der Waals surface area contributed by atoms with E-state index in [9.17, 15) is 18.7 Å². The van der Waals surface area contributed by atoms with E-state index in [2.05, 4.69) is 4.90 Å². The van der Waals surface area contributed by atoms with Gasteiger partial charge in [-0.1, -0.05) is 12.1 Å². The smallest absolute Gasteiger partial charge is 0.250 e. The Kier molecular flexibility index (Phi) is 7.43. The SMILES string of the molecule is CC(=O)N1CCN(Cc2ccc(OCC(O)CN3CCC(F)(F)CC3)cc2)CC1. The Labute approximate surface area is 171 Å². The summed E-state index contributed by atoms with van der Waals surface area (Å²) in [5.74, 6) is -1.76. The number of alkyl halides is 2. The van der Waals surface area contributed by atoms with Crippen molar-refractivity contribution in [2.45, 2.75) is 38.3 Å². The maximum Gasteiger partial charge on any atom is 0.250 e. The zero-order chi connectivity index (χ0) is 20.9. The number of amides is 1. The molecule has 2 aliphatic heterocycles. The van der Waals surface area contributed by atoms with E-state index in [-0.39, 0.29) is 25.4 Å². The fraction of sp³-hybridized carbons (Fsp3) is 0.667. The number of piperazine rings is 1. The first-order valence-corrected chi connectivity index (χ1v) is 10.3. The zero-order valence-electron chi connectivity index (χ0n) is 17.0. The molecule has 0 radical (unpaired) electrons. The molecule has 0 spiro atoms. The van der Waals surface area contributed by atoms with E-state index in [0.717, 1.165) is 32.7 Å². The lowest BCUT2D eigenvalue weighted by Crippen LogP contribution is -2.47. The lowest BCUT2D eigenvalue weighted by atomic mass is 10.1. The average molecular weight is 411 g/mol. The number of aliphatic hydroxyl groups is 1. The van der Waals surface area contributed by atoms with Crippen LogP contribution < -0.4 is 4.74 Å². The molecule has 2 heterocycles. The van der Waals surface area contributed by atoms with Gasteiger partial charge in [0.1, 0.15) is 18.5 Å². The first-order chi connectivity index (χ1) is 13.8. The van der Waals surface area contributed by atoms with Gasteiger partial charge in [0.25, 0.3) is 5.92 Å². The Morgan fingerprint density at radius 3 is 2.28 bits per heavy atom. The molecule has 1 aromatic carbocycles. The maximum absolute atomic E-state index is 13.2. The van der Waals surface area contributed by atoms with Crippen LogP contribution in [0.3, 0.4) is 0 Å². The lowest BCUT2D eigenvalue weighted by molar-refractivity contribution is -0.130. The second-order valence-electron chi connectivity index (χ2n) is 8.05. The van der Waals surface area contributed by atoms with Gasteiger partial charge in [-0.05, 0) is 17.7 Å². The van der Waals surface area contributed by atoms with Gasteiger partial charge in [0.2, 0.25) is 5.91 Å². The molecular formula is C21H31F2N3O3. The number of likely N-dealkylation sites (tertiary alicyclic amines) is 1. The average Bonchev–Trinajstić information content (AvgIpc) is 2.69. The molecule has 3 rings (SSSR count). The van der Waals surface area contributed by atoms with Crippen molar-refractivity contribution < 1.29 is 23.4 Å². The van der Waals surface area contributed by atoms with Crippen LogP contribution in [0.1, 0.15) is 25.3 Å². The number of hydrogen-bond donors (Lipinski definition) is 1. The minimum absolute atomic E-state index is 0.131. The number of carbonyl (C=O) groups excluding carboxylic acids is 1. The molecule has 162 valence electrons. The van der Waals surface area contributed by atoms with Gasteiger partial charge < -0.3 is 19.6 Å². The van der Waals surface area contributed by atoms with Gasteiger partial charge in [0, 0.05) is 72.1 Å². The normalized spacial score (nSPS) is 21.7. The summed E-state index contributed by atoms with van der Waals surface area (Å²) in [5.41, 5.74) is 1.17. The van der Waals surface area contributed by atoms with Crippen LogP contribution in [0.25, 0.3) is 0 Å². The summed E-state index contributed by atoms with van der Waals surface area (Å²) in [7, 11) is 0. The van der Waals surface area contributed by atoms with Gasteiger partial charge in [-0.25, -0.2) is 8.78 Å². The molecule has 0 aliphatic carbocycles. The van der Waals surface area contributed by atoms with Gasteiger partial charge in [-0.15, -0.1) is 0 Å². The molecule has 1 unspecified atom stereocenters. The fourth-order valence-corrected chi connectivity index (χ4v) is 3.78. The third-order valence-electron chi connectivity index (χ3n) is 5.65. The van der Waals surface area contributed by atoms with Gasteiger partial charge in [-0.2, -0.15) is 0 Å². The molecule has 2 fully saturated rings. The number of benzene rings is 1. The van der Waals surface area contributed by atoms with Gasteiger partial charge >= 0.3 is 0 Å². The molecule has 2 saturated heterocycles. The molecule has 1 amide bonds. The van der Waals surface area contributed by atoms with Crippen LogP contribution in [-0.4, -0.2) is 90.2 Å². The number of ether oxygens (including phenoxy) is 1. The fourth-order valence-electron chi connectivity index (χ4n) is 3.78.